The van der Waals surface area contributed by atoms with E-state index in [2.05, 4.69) is 15.1 Å². The van der Waals surface area contributed by atoms with Gasteiger partial charge in [-0.2, -0.15) is 4.98 Å². The number of rotatable bonds is 4. The molecule has 1 fully saturated rings. The number of hydrogen-bond acceptors (Lipinski definition) is 6. The van der Waals surface area contributed by atoms with Crippen LogP contribution in [0, 0.1) is 0 Å². The molecule has 1 atom stereocenters. The summed E-state index contributed by atoms with van der Waals surface area (Å²) in [6.07, 6.45) is 5.10. The molecule has 2 aromatic heterocycles. The molecule has 3 heterocycles. The molecule has 4 rings (SSSR count). The summed E-state index contributed by atoms with van der Waals surface area (Å²) in [5.41, 5.74) is 8.23. The molecular formula is C20H22ClN5O2. The van der Waals surface area contributed by atoms with Crippen molar-refractivity contribution in [2.75, 3.05) is 13.1 Å². The van der Waals surface area contributed by atoms with Gasteiger partial charge in [0.15, 0.2) is 0 Å². The monoisotopic (exact) mass is 399 g/mol. The summed E-state index contributed by atoms with van der Waals surface area (Å²) in [5, 5.41) is 4.12. The Balaban J connectivity index is 0.00000225. The lowest BCUT2D eigenvalue weighted by atomic mass is 9.97. The van der Waals surface area contributed by atoms with E-state index in [9.17, 15) is 4.79 Å². The van der Waals surface area contributed by atoms with Crippen LogP contribution in [0.15, 0.2) is 53.3 Å². The van der Waals surface area contributed by atoms with Gasteiger partial charge in [-0.1, -0.05) is 29.4 Å². The third kappa shape index (κ3) is 4.21. The van der Waals surface area contributed by atoms with Gasteiger partial charge in [-0.05, 0) is 30.5 Å². The molecule has 0 radical (unpaired) electrons. The zero-order valence-electron chi connectivity index (χ0n) is 15.3. The number of likely N-dealkylation sites (tertiary alicyclic amines) is 1. The predicted octanol–water partition coefficient (Wildman–Crippen LogP) is 3.03. The lowest BCUT2D eigenvalue weighted by Gasteiger charge is -2.31. The minimum Gasteiger partial charge on any atom is -0.339 e. The number of carbonyl (C=O) groups excluding carboxylic acids is 1. The molecule has 1 saturated heterocycles. The Hall–Kier alpha value is -2.77. The van der Waals surface area contributed by atoms with Crippen LogP contribution in [-0.4, -0.2) is 39.0 Å². The first-order valence-corrected chi connectivity index (χ1v) is 9.07. The van der Waals surface area contributed by atoms with Crippen LogP contribution in [-0.2, 0) is 6.54 Å². The number of amides is 1. The molecular weight excluding hydrogens is 378 g/mol. The molecule has 0 spiro atoms. The second kappa shape index (κ2) is 8.95. The predicted molar refractivity (Wildman–Crippen MR) is 107 cm³/mol. The molecule has 1 aliphatic heterocycles. The third-order valence-electron chi connectivity index (χ3n) is 4.87. The number of carbonyl (C=O) groups is 1. The SMILES string of the molecule is Cl.NCc1ccc(-c2noc(C3CCCN(C(=O)c4ccncc4)C3)n2)cc1. The van der Waals surface area contributed by atoms with Gasteiger partial charge in [-0.25, -0.2) is 0 Å². The van der Waals surface area contributed by atoms with Crippen LogP contribution in [0.3, 0.4) is 0 Å². The van der Waals surface area contributed by atoms with Crippen molar-refractivity contribution in [1.82, 2.24) is 20.0 Å². The zero-order chi connectivity index (χ0) is 18.6. The maximum atomic E-state index is 12.7. The molecule has 8 heteroatoms. The highest BCUT2D eigenvalue weighted by Crippen LogP contribution is 2.28. The molecule has 0 saturated carbocycles. The fourth-order valence-corrected chi connectivity index (χ4v) is 3.35. The molecule has 28 heavy (non-hydrogen) atoms. The summed E-state index contributed by atoms with van der Waals surface area (Å²) in [6, 6.07) is 11.3. The molecule has 7 nitrogen and oxygen atoms in total. The highest BCUT2D eigenvalue weighted by molar-refractivity contribution is 5.94. The summed E-state index contributed by atoms with van der Waals surface area (Å²) >= 11 is 0. The normalized spacial score (nSPS) is 16.5. The maximum Gasteiger partial charge on any atom is 0.253 e. The number of halogens is 1. The number of nitrogens with two attached hydrogens (primary N) is 1. The number of nitrogens with zero attached hydrogens (tertiary/aromatic N) is 4. The number of piperidine rings is 1. The Morgan fingerprint density at radius 1 is 1.18 bits per heavy atom. The highest BCUT2D eigenvalue weighted by Gasteiger charge is 2.29. The summed E-state index contributed by atoms with van der Waals surface area (Å²) in [7, 11) is 0. The lowest BCUT2D eigenvalue weighted by molar-refractivity contribution is 0.0695. The Morgan fingerprint density at radius 2 is 1.93 bits per heavy atom. The van der Waals surface area contributed by atoms with Gasteiger partial charge in [0.05, 0.1) is 5.92 Å². The van der Waals surface area contributed by atoms with E-state index in [4.69, 9.17) is 10.3 Å². The van der Waals surface area contributed by atoms with Crippen molar-refractivity contribution in [2.45, 2.75) is 25.3 Å². The lowest BCUT2D eigenvalue weighted by Crippen LogP contribution is -2.39. The smallest absolute Gasteiger partial charge is 0.253 e. The number of pyridine rings is 1. The fourth-order valence-electron chi connectivity index (χ4n) is 3.35. The van der Waals surface area contributed by atoms with Crippen LogP contribution in [0.2, 0.25) is 0 Å². The quantitative estimate of drug-likeness (QED) is 0.724. The first-order chi connectivity index (χ1) is 13.2. The Kier molecular flexibility index (Phi) is 6.38. The van der Waals surface area contributed by atoms with E-state index in [1.165, 1.54) is 0 Å². The third-order valence-corrected chi connectivity index (χ3v) is 4.87. The van der Waals surface area contributed by atoms with Crippen molar-refractivity contribution in [2.24, 2.45) is 5.73 Å². The average molecular weight is 400 g/mol. The zero-order valence-corrected chi connectivity index (χ0v) is 16.1. The Labute approximate surface area is 169 Å². The van der Waals surface area contributed by atoms with Gasteiger partial charge >= 0.3 is 0 Å². The van der Waals surface area contributed by atoms with Crippen molar-refractivity contribution in [1.29, 1.82) is 0 Å². The van der Waals surface area contributed by atoms with E-state index in [-0.39, 0.29) is 24.2 Å². The number of hydrogen-bond donors (Lipinski definition) is 1. The molecule has 0 bridgehead atoms. The van der Waals surface area contributed by atoms with E-state index in [0.29, 0.717) is 30.4 Å². The van der Waals surface area contributed by atoms with Crippen molar-refractivity contribution in [3.05, 3.63) is 65.8 Å². The highest BCUT2D eigenvalue weighted by atomic mass is 35.5. The second-order valence-electron chi connectivity index (χ2n) is 6.68. The first-order valence-electron chi connectivity index (χ1n) is 9.07. The first kappa shape index (κ1) is 20.0. The van der Waals surface area contributed by atoms with Gasteiger partial charge in [0, 0.05) is 43.2 Å². The van der Waals surface area contributed by atoms with Gasteiger partial charge in [0.25, 0.3) is 5.91 Å². The summed E-state index contributed by atoms with van der Waals surface area (Å²) in [6.45, 7) is 1.81. The molecule has 1 amide bonds. The van der Waals surface area contributed by atoms with Crippen LogP contribution < -0.4 is 5.73 Å². The van der Waals surface area contributed by atoms with Crippen molar-refractivity contribution in [3.63, 3.8) is 0 Å². The van der Waals surface area contributed by atoms with Crippen LogP contribution in [0.4, 0.5) is 0 Å². The Morgan fingerprint density at radius 3 is 2.64 bits per heavy atom. The summed E-state index contributed by atoms with van der Waals surface area (Å²) < 4.78 is 5.52. The van der Waals surface area contributed by atoms with Crippen LogP contribution >= 0.6 is 12.4 Å². The van der Waals surface area contributed by atoms with Crippen molar-refractivity contribution in [3.8, 4) is 11.4 Å². The average Bonchev–Trinajstić information content (AvgIpc) is 3.24. The second-order valence-corrected chi connectivity index (χ2v) is 6.68. The molecule has 1 aromatic carbocycles. The molecule has 0 aliphatic carbocycles. The molecule has 146 valence electrons. The van der Waals surface area contributed by atoms with E-state index in [0.717, 1.165) is 30.5 Å². The maximum absolute atomic E-state index is 12.7. The standard InChI is InChI=1S/C20H21N5O2.ClH/c21-12-14-3-5-15(6-4-14)18-23-19(27-24-18)17-2-1-11-25(13-17)20(26)16-7-9-22-10-8-16;/h3-10,17H,1-2,11-13,21H2;1H. The van der Waals surface area contributed by atoms with E-state index < -0.39 is 0 Å². The molecule has 1 unspecified atom stereocenters. The number of aromatic nitrogens is 3. The van der Waals surface area contributed by atoms with E-state index in [1.807, 2.05) is 29.2 Å². The minimum absolute atomic E-state index is 0. The summed E-state index contributed by atoms with van der Waals surface area (Å²) in [4.78, 5) is 23.1. The summed E-state index contributed by atoms with van der Waals surface area (Å²) in [5.74, 6) is 1.21. The topological polar surface area (TPSA) is 98.1 Å². The Bertz CT molecular complexity index is 914. The van der Waals surface area contributed by atoms with Gasteiger partial charge < -0.3 is 15.2 Å². The van der Waals surface area contributed by atoms with Gasteiger partial charge in [0.1, 0.15) is 0 Å². The molecule has 2 N–H and O–H groups in total. The number of benzene rings is 1. The van der Waals surface area contributed by atoms with Crippen LogP contribution in [0.1, 0.15) is 40.6 Å². The molecule has 1 aliphatic rings. The van der Waals surface area contributed by atoms with E-state index >= 15 is 0 Å². The van der Waals surface area contributed by atoms with Crippen LogP contribution in [0.5, 0.6) is 0 Å². The van der Waals surface area contributed by atoms with Crippen molar-refractivity contribution < 1.29 is 9.32 Å². The minimum atomic E-state index is 0. The van der Waals surface area contributed by atoms with Crippen molar-refractivity contribution >= 4 is 18.3 Å². The fraction of sp³-hybridized carbons (Fsp3) is 0.300. The van der Waals surface area contributed by atoms with Crippen LogP contribution in [0.25, 0.3) is 11.4 Å². The largest absolute Gasteiger partial charge is 0.339 e. The van der Waals surface area contributed by atoms with E-state index in [1.54, 1.807) is 24.5 Å². The molecule has 3 aromatic rings. The van der Waals surface area contributed by atoms with Gasteiger partial charge in [-0.3, -0.25) is 9.78 Å². The van der Waals surface area contributed by atoms with Gasteiger partial charge in [0.2, 0.25) is 11.7 Å². The van der Waals surface area contributed by atoms with Gasteiger partial charge in [-0.15, -0.1) is 12.4 Å².